The number of carbonyl (C=O) groups excluding carboxylic acids is 2. The minimum absolute atomic E-state index is 0.336. The van der Waals surface area contributed by atoms with Crippen molar-refractivity contribution in [3.63, 3.8) is 0 Å². The van der Waals surface area contributed by atoms with Crippen molar-refractivity contribution in [1.29, 1.82) is 0 Å². The Morgan fingerprint density at radius 3 is 2.56 bits per heavy atom. The topological polar surface area (TPSA) is 55.4 Å². The first kappa shape index (κ1) is 19.0. The highest BCUT2D eigenvalue weighted by molar-refractivity contribution is 8.18. The molecule has 1 aliphatic heterocycles. The van der Waals surface area contributed by atoms with Crippen LogP contribution < -0.4 is 10.1 Å². The summed E-state index contributed by atoms with van der Waals surface area (Å²) in [4.78, 5) is 23.7. The molecule has 0 radical (unpaired) electrons. The number of benzene rings is 2. The van der Waals surface area contributed by atoms with Crippen LogP contribution in [-0.4, -0.2) is 11.1 Å². The summed E-state index contributed by atoms with van der Waals surface area (Å²) in [7, 11) is 0. The minimum Gasteiger partial charge on any atom is -0.489 e. The first-order valence-corrected chi connectivity index (χ1v) is 9.63. The largest absolute Gasteiger partial charge is 0.489 e. The van der Waals surface area contributed by atoms with Crippen LogP contribution in [0.3, 0.4) is 0 Å². The molecular weight excluding hydrogens is 358 g/mol. The molecule has 0 spiro atoms. The van der Waals surface area contributed by atoms with E-state index < -0.39 is 0 Å². The zero-order valence-electron chi connectivity index (χ0n) is 15.3. The molecule has 0 saturated carbocycles. The van der Waals surface area contributed by atoms with Crippen LogP contribution in [0.25, 0.3) is 5.57 Å². The lowest BCUT2D eigenvalue weighted by molar-refractivity contribution is -0.115. The maximum atomic E-state index is 11.9. The van der Waals surface area contributed by atoms with Crippen LogP contribution >= 0.6 is 11.8 Å². The van der Waals surface area contributed by atoms with Crippen LogP contribution in [0.5, 0.6) is 5.75 Å². The Bertz CT molecular complexity index is 916. The molecule has 2 aromatic carbocycles. The molecule has 27 heavy (non-hydrogen) atoms. The van der Waals surface area contributed by atoms with Gasteiger partial charge in [0.25, 0.3) is 11.1 Å². The number of amides is 2. The van der Waals surface area contributed by atoms with Gasteiger partial charge in [-0.25, -0.2) is 0 Å². The van der Waals surface area contributed by atoms with Gasteiger partial charge in [-0.05, 0) is 65.6 Å². The molecule has 0 bridgehead atoms. The second-order valence-electron chi connectivity index (χ2n) is 6.04. The van der Waals surface area contributed by atoms with Gasteiger partial charge in [-0.3, -0.25) is 14.9 Å². The Morgan fingerprint density at radius 1 is 1.15 bits per heavy atom. The standard InChI is InChI=1S/C22H21NO3S/c1-3-16-10-11-18(26-14-15-8-6-5-7-9-15)13-19(16)17(4-2)12-20-21(24)23-22(25)27-20/h4-13H,3,14H2,1-2H3,(H,23,24,25)/b17-4-,20-12-. The van der Waals surface area contributed by atoms with Gasteiger partial charge < -0.3 is 4.74 Å². The van der Waals surface area contributed by atoms with Gasteiger partial charge in [-0.2, -0.15) is 0 Å². The number of aryl methyl sites for hydroxylation is 1. The molecule has 2 aromatic rings. The molecule has 0 atom stereocenters. The lowest BCUT2D eigenvalue weighted by atomic mass is 9.97. The average Bonchev–Trinajstić information content (AvgIpc) is 3.01. The average molecular weight is 379 g/mol. The lowest BCUT2D eigenvalue weighted by Crippen LogP contribution is -2.17. The van der Waals surface area contributed by atoms with Crippen molar-refractivity contribution < 1.29 is 14.3 Å². The van der Waals surface area contributed by atoms with E-state index >= 15 is 0 Å². The molecule has 1 heterocycles. The smallest absolute Gasteiger partial charge is 0.290 e. The Kier molecular flexibility index (Phi) is 6.14. The summed E-state index contributed by atoms with van der Waals surface area (Å²) < 4.78 is 5.95. The van der Waals surface area contributed by atoms with Crippen molar-refractivity contribution in [3.05, 3.63) is 82.3 Å². The fourth-order valence-electron chi connectivity index (χ4n) is 2.84. The van der Waals surface area contributed by atoms with Crippen LogP contribution in [0.2, 0.25) is 0 Å². The highest BCUT2D eigenvalue weighted by atomic mass is 32.2. The number of nitrogens with one attached hydrogen (secondary N) is 1. The molecular formula is C22H21NO3S. The molecule has 1 fully saturated rings. The van der Waals surface area contributed by atoms with E-state index in [1.54, 1.807) is 6.08 Å². The van der Waals surface area contributed by atoms with Gasteiger partial charge in [0.15, 0.2) is 0 Å². The molecule has 0 aromatic heterocycles. The number of carbonyl (C=O) groups is 2. The van der Waals surface area contributed by atoms with Gasteiger partial charge in [0, 0.05) is 0 Å². The number of allylic oxidation sites excluding steroid dienone is 3. The number of thioether (sulfide) groups is 1. The zero-order chi connectivity index (χ0) is 19.2. The number of hydrogen-bond donors (Lipinski definition) is 1. The van der Waals surface area contributed by atoms with Gasteiger partial charge >= 0.3 is 0 Å². The molecule has 138 valence electrons. The third-order valence-electron chi connectivity index (χ3n) is 4.26. The maximum absolute atomic E-state index is 11.9. The van der Waals surface area contributed by atoms with Crippen molar-refractivity contribution in [2.45, 2.75) is 26.9 Å². The summed E-state index contributed by atoms with van der Waals surface area (Å²) in [5.74, 6) is 0.419. The monoisotopic (exact) mass is 379 g/mol. The Morgan fingerprint density at radius 2 is 1.93 bits per heavy atom. The summed E-state index contributed by atoms with van der Waals surface area (Å²) in [6.07, 6.45) is 4.56. The van der Waals surface area contributed by atoms with E-state index in [0.29, 0.717) is 11.5 Å². The summed E-state index contributed by atoms with van der Waals surface area (Å²) in [6.45, 7) is 4.50. The van der Waals surface area contributed by atoms with E-state index in [9.17, 15) is 9.59 Å². The molecule has 1 aliphatic rings. The summed E-state index contributed by atoms with van der Waals surface area (Å²) in [6, 6.07) is 16.0. The normalized spacial score (nSPS) is 15.9. The second-order valence-corrected chi connectivity index (χ2v) is 7.06. The zero-order valence-corrected chi connectivity index (χ0v) is 16.1. The second kappa shape index (κ2) is 8.73. The molecule has 1 N–H and O–H groups in total. The lowest BCUT2D eigenvalue weighted by Gasteiger charge is -2.13. The molecule has 0 unspecified atom stereocenters. The third kappa shape index (κ3) is 4.68. The number of ether oxygens (including phenoxy) is 1. The minimum atomic E-state index is -0.348. The van der Waals surface area contributed by atoms with Crippen LogP contribution in [0.4, 0.5) is 4.79 Å². The number of rotatable bonds is 6. The maximum Gasteiger partial charge on any atom is 0.290 e. The van der Waals surface area contributed by atoms with Crippen molar-refractivity contribution in [2.24, 2.45) is 0 Å². The van der Waals surface area contributed by atoms with E-state index in [-0.39, 0.29) is 11.1 Å². The Labute approximate surface area is 163 Å². The summed E-state index contributed by atoms with van der Waals surface area (Å²) in [5, 5.41) is 1.96. The van der Waals surface area contributed by atoms with E-state index in [0.717, 1.165) is 46.2 Å². The highest BCUT2D eigenvalue weighted by Crippen LogP contribution is 2.31. The number of hydrogen-bond acceptors (Lipinski definition) is 4. The Balaban J connectivity index is 1.87. The van der Waals surface area contributed by atoms with Crippen molar-refractivity contribution in [2.75, 3.05) is 0 Å². The van der Waals surface area contributed by atoms with Gasteiger partial charge in [0.2, 0.25) is 0 Å². The van der Waals surface area contributed by atoms with Crippen molar-refractivity contribution >= 4 is 28.5 Å². The van der Waals surface area contributed by atoms with Crippen molar-refractivity contribution in [3.8, 4) is 5.75 Å². The molecule has 3 rings (SSSR count). The van der Waals surface area contributed by atoms with Gasteiger partial charge in [0.1, 0.15) is 12.4 Å². The predicted octanol–water partition coefficient (Wildman–Crippen LogP) is 5.10. The van der Waals surface area contributed by atoms with Gasteiger partial charge in [-0.1, -0.05) is 49.4 Å². The fourth-order valence-corrected chi connectivity index (χ4v) is 3.52. The van der Waals surface area contributed by atoms with Crippen molar-refractivity contribution in [1.82, 2.24) is 5.32 Å². The van der Waals surface area contributed by atoms with Crippen LogP contribution in [0, 0.1) is 0 Å². The van der Waals surface area contributed by atoms with E-state index in [2.05, 4.69) is 12.2 Å². The summed E-state index contributed by atoms with van der Waals surface area (Å²) in [5.41, 5.74) is 4.15. The van der Waals surface area contributed by atoms with E-state index in [1.165, 1.54) is 0 Å². The van der Waals surface area contributed by atoms with Gasteiger partial charge in [0.05, 0.1) is 4.91 Å². The molecule has 0 aliphatic carbocycles. The quantitative estimate of drug-likeness (QED) is 0.710. The predicted molar refractivity (Wildman–Crippen MR) is 109 cm³/mol. The third-order valence-corrected chi connectivity index (χ3v) is 5.07. The fraction of sp³-hybridized carbons (Fsp3) is 0.182. The summed E-state index contributed by atoms with van der Waals surface area (Å²) >= 11 is 0.927. The van der Waals surface area contributed by atoms with Crippen LogP contribution in [0.1, 0.15) is 30.5 Å². The SMILES string of the molecule is C/C=C(/C=C1\SC(=O)NC1=O)c1cc(OCc2ccccc2)ccc1CC. The van der Waals surface area contributed by atoms with Gasteiger partial charge in [-0.15, -0.1) is 0 Å². The van der Waals surface area contributed by atoms with E-state index in [1.807, 2.05) is 61.5 Å². The molecule has 5 heteroatoms. The van der Waals surface area contributed by atoms with E-state index in [4.69, 9.17) is 4.74 Å². The Hall–Kier alpha value is -2.79. The number of imide groups is 1. The highest BCUT2D eigenvalue weighted by Gasteiger charge is 2.25. The molecule has 1 saturated heterocycles. The first-order valence-electron chi connectivity index (χ1n) is 8.82. The van der Waals surface area contributed by atoms with Crippen LogP contribution in [-0.2, 0) is 17.8 Å². The first-order chi connectivity index (χ1) is 13.1. The molecule has 2 amide bonds. The van der Waals surface area contributed by atoms with Crippen LogP contribution in [0.15, 0.2) is 65.6 Å². The molecule has 4 nitrogen and oxygen atoms in total.